The minimum absolute atomic E-state index is 0.0102. The minimum Gasteiger partial charge on any atom is -0.493 e. The second kappa shape index (κ2) is 11.6. The molecule has 0 saturated carbocycles. The maximum Gasteiger partial charge on any atom is 0.247 e. The Kier molecular flexibility index (Phi) is 8.53. The van der Waals surface area contributed by atoms with Gasteiger partial charge in [0.25, 0.3) is 0 Å². The molecule has 0 bridgehead atoms. The Morgan fingerprint density at radius 1 is 1.05 bits per heavy atom. The highest BCUT2D eigenvalue weighted by Gasteiger charge is 2.43. The molecule has 202 valence electrons. The molecule has 0 radical (unpaired) electrons. The van der Waals surface area contributed by atoms with E-state index in [0.717, 1.165) is 17.7 Å². The maximum absolute atomic E-state index is 13.5. The van der Waals surface area contributed by atoms with Crippen LogP contribution in [0.5, 0.6) is 11.5 Å². The number of fused-ring (bicyclic) bond motifs is 1. The van der Waals surface area contributed by atoms with E-state index in [4.69, 9.17) is 20.3 Å². The van der Waals surface area contributed by atoms with Gasteiger partial charge in [0.15, 0.2) is 21.3 Å². The van der Waals surface area contributed by atoms with Gasteiger partial charge in [0.05, 0.1) is 43.4 Å². The number of sulfone groups is 1. The van der Waals surface area contributed by atoms with E-state index in [-0.39, 0.29) is 54.2 Å². The van der Waals surface area contributed by atoms with Crippen molar-refractivity contribution >= 4 is 27.4 Å². The van der Waals surface area contributed by atoms with Crippen molar-refractivity contribution in [3.8, 4) is 11.5 Å². The van der Waals surface area contributed by atoms with Gasteiger partial charge < -0.3 is 20.1 Å². The number of allylic oxidation sites excluding steroid dienone is 2. The first-order valence-corrected chi connectivity index (χ1v) is 14.6. The normalized spacial score (nSPS) is 22.5. The van der Waals surface area contributed by atoms with Gasteiger partial charge in [-0.05, 0) is 43.9 Å². The van der Waals surface area contributed by atoms with Crippen molar-refractivity contribution in [2.24, 2.45) is 22.7 Å². The van der Waals surface area contributed by atoms with E-state index in [2.05, 4.69) is 12.2 Å². The quantitative estimate of drug-likeness (QED) is 0.478. The van der Waals surface area contributed by atoms with Gasteiger partial charge in [-0.25, -0.2) is 13.4 Å². The van der Waals surface area contributed by atoms with E-state index in [1.807, 2.05) is 18.2 Å². The molecule has 0 spiro atoms. The first-order chi connectivity index (χ1) is 17.8. The lowest BCUT2D eigenvalue weighted by molar-refractivity contribution is -0.142. The highest BCUT2D eigenvalue weighted by atomic mass is 32.2. The van der Waals surface area contributed by atoms with Crippen molar-refractivity contribution in [1.82, 2.24) is 9.91 Å². The second-order valence-corrected chi connectivity index (χ2v) is 12.0. The fourth-order valence-corrected chi connectivity index (χ4v) is 6.42. The van der Waals surface area contributed by atoms with Crippen molar-refractivity contribution in [3.05, 3.63) is 35.9 Å². The van der Waals surface area contributed by atoms with Crippen LogP contribution in [0.1, 0.15) is 37.7 Å². The zero-order valence-corrected chi connectivity index (χ0v) is 22.3. The Hall–Kier alpha value is -2.92. The van der Waals surface area contributed by atoms with E-state index in [1.54, 1.807) is 24.1 Å². The van der Waals surface area contributed by atoms with Crippen LogP contribution in [0, 0.1) is 11.8 Å². The van der Waals surface area contributed by atoms with Gasteiger partial charge in [0.1, 0.15) is 0 Å². The molecule has 1 aromatic rings. The van der Waals surface area contributed by atoms with Crippen LogP contribution in [0.25, 0.3) is 0 Å². The molecule has 4 rings (SSSR count). The standard InChI is InChI=1S/C26H36N4O6S/c1-35-22-8-7-18(17-23(22)36-2)25-20-5-3-4-6-21(20)26(32)30(28-25)19-9-13-29(14-10-19)24(31)11-15-37(33,34)16-12-27/h3-4,7-8,17,19-21H,5-6,9-16,27H2,1-2H3/t20-,21+/m0/s1. The summed E-state index contributed by atoms with van der Waals surface area (Å²) in [4.78, 5) is 27.8. The summed E-state index contributed by atoms with van der Waals surface area (Å²) in [7, 11) is -0.136. The third-order valence-electron chi connectivity index (χ3n) is 7.44. The van der Waals surface area contributed by atoms with Crippen LogP contribution in [0.15, 0.2) is 35.5 Å². The molecule has 2 N–H and O–H groups in total. The predicted octanol–water partition coefficient (Wildman–Crippen LogP) is 1.59. The third kappa shape index (κ3) is 5.98. The number of likely N-dealkylation sites (tertiary alicyclic amines) is 1. The van der Waals surface area contributed by atoms with Gasteiger partial charge in [-0.3, -0.25) is 9.59 Å². The molecular formula is C26H36N4O6S. The number of hydrogen-bond donors (Lipinski definition) is 1. The van der Waals surface area contributed by atoms with E-state index in [1.165, 1.54) is 0 Å². The molecule has 3 aliphatic rings. The van der Waals surface area contributed by atoms with E-state index in [0.29, 0.717) is 43.9 Å². The molecule has 1 saturated heterocycles. The zero-order chi connectivity index (χ0) is 26.6. The SMILES string of the molecule is COc1ccc(C2=NN(C3CCN(C(=O)CCS(=O)(=O)CCN)CC3)C(=O)[C@@H]3CC=CC[C@H]23)cc1OC. The van der Waals surface area contributed by atoms with Crippen LogP contribution >= 0.6 is 0 Å². The van der Waals surface area contributed by atoms with Gasteiger partial charge in [0, 0.05) is 37.5 Å². The van der Waals surface area contributed by atoms with Crippen molar-refractivity contribution in [2.75, 3.05) is 45.4 Å². The van der Waals surface area contributed by atoms with Crippen molar-refractivity contribution in [3.63, 3.8) is 0 Å². The second-order valence-electron chi connectivity index (χ2n) is 9.70. The first-order valence-electron chi connectivity index (χ1n) is 12.7. The predicted molar refractivity (Wildman–Crippen MR) is 140 cm³/mol. The van der Waals surface area contributed by atoms with Gasteiger partial charge in [-0.2, -0.15) is 5.10 Å². The number of carbonyl (C=O) groups is 2. The number of hydrazone groups is 1. The number of amides is 2. The van der Waals surface area contributed by atoms with Crippen LogP contribution in [-0.2, 0) is 19.4 Å². The highest BCUT2D eigenvalue weighted by molar-refractivity contribution is 7.91. The summed E-state index contributed by atoms with van der Waals surface area (Å²) in [6.45, 7) is 0.966. The molecule has 10 nitrogen and oxygen atoms in total. The number of rotatable bonds is 9. The molecule has 1 aliphatic carbocycles. The summed E-state index contributed by atoms with van der Waals surface area (Å²) >= 11 is 0. The number of piperidine rings is 1. The van der Waals surface area contributed by atoms with E-state index in [9.17, 15) is 18.0 Å². The molecule has 2 atom stereocenters. The molecule has 0 unspecified atom stereocenters. The summed E-state index contributed by atoms with van der Waals surface area (Å²) in [6, 6.07) is 5.58. The van der Waals surface area contributed by atoms with Crippen molar-refractivity contribution in [1.29, 1.82) is 0 Å². The van der Waals surface area contributed by atoms with Crippen LogP contribution in [0.4, 0.5) is 0 Å². The fraction of sp³-hybridized carbons (Fsp3) is 0.577. The largest absolute Gasteiger partial charge is 0.493 e. The minimum atomic E-state index is -3.32. The zero-order valence-electron chi connectivity index (χ0n) is 21.5. The Morgan fingerprint density at radius 2 is 1.73 bits per heavy atom. The summed E-state index contributed by atoms with van der Waals surface area (Å²) in [5.41, 5.74) is 7.10. The number of hydrogen-bond acceptors (Lipinski definition) is 8. The third-order valence-corrected chi connectivity index (χ3v) is 9.12. The number of ether oxygens (including phenoxy) is 2. The smallest absolute Gasteiger partial charge is 0.247 e. The fourth-order valence-electron chi connectivity index (χ4n) is 5.37. The average Bonchev–Trinajstić information content (AvgIpc) is 2.92. The lowest BCUT2D eigenvalue weighted by Crippen LogP contribution is -2.52. The molecule has 37 heavy (non-hydrogen) atoms. The molecule has 11 heteroatoms. The Balaban J connectivity index is 1.50. The monoisotopic (exact) mass is 532 g/mol. The number of nitrogens with two attached hydrogens (primary N) is 1. The van der Waals surface area contributed by atoms with Crippen LogP contribution < -0.4 is 15.2 Å². The molecule has 2 amide bonds. The number of methoxy groups -OCH3 is 2. The molecule has 1 fully saturated rings. The van der Waals surface area contributed by atoms with E-state index >= 15 is 0 Å². The van der Waals surface area contributed by atoms with Crippen LogP contribution in [0.2, 0.25) is 0 Å². The average molecular weight is 533 g/mol. The molecular weight excluding hydrogens is 496 g/mol. The number of nitrogens with zero attached hydrogens (tertiary/aromatic N) is 3. The summed E-state index contributed by atoms with van der Waals surface area (Å²) in [5, 5.41) is 6.55. The first kappa shape index (κ1) is 27.1. The van der Waals surface area contributed by atoms with Crippen LogP contribution in [0.3, 0.4) is 0 Å². The Bertz CT molecular complexity index is 1170. The lowest BCUT2D eigenvalue weighted by atomic mass is 9.76. The van der Waals surface area contributed by atoms with Crippen molar-refractivity contribution in [2.45, 2.75) is 38.1 Å². The molecule has 0 aromatic heterocycles. The van der Waals surface area contributed by atoms with Gasteiger partial charge in [-0.15, -0.1) is 0 Å². The Labute approximate surface area is 218 Å². The topological polar surface area (TPSA) is 132 Å². The summed E-state index contributed by atoms with van der Waals surface area (Å²) < 4.78 is 34.7. The van der Waals surface area contributed by atoms with Gasteiger partial charge in [-0.1, -0.05) is 12.2 Å². The van der Waals surface area contributed by atoms with Gasteiger partial charge >= 0.3 is 0 Å². The van der Waals surface area contributed by atoms with E-state index < -0.39 is 9.84 Å². The summed E-state index contributed by atoms with van der Waals surface area (Å²) in [6.07, 6.45) is 6.71. The van der Waals surface area contributed by atoms with Crippen LogP contribution in [-0.4, -0.2) is 87.3 Å². The number of benzene rings is 1. The maximum atomic E-state index is 13.5. The number of carbonyl (C=O) groups excluding carboxylic acids is 2. The van der Waals surface area contributed by atoms with Crippen molar-refractivity contribution < 1.29 is 27.5 Å². The summed E-state index contributed by atoms with van der Waals surface area (Å²) in [5.74, 6) is 0.576. The molecule has 1 aromatic carbocycles. The Morgan fingerprint density at radius 3 is 2.38 bits per heavy atom. The lowest BCUT2D eigenvalue weighted by Gasteiger charge is -2.42. The molecule has 2 aliphatic heterocycles. The van der Waals surface area contributed by atoms with Gasteiger partial charge in [0.2, 0.25) is 11.8 Å². The highest BCUT2D eigenvalue weighted by Crippen LogP contribution is 2.38. The molecule has 2 heterocycles.